The molecule has 37 heavy (non-hydrogen) atoms. The summed E-state index contributed by atoms with van der Waals surface area (Å²) in [6.07, 6.45) is 3.79. The Morgan fingerprint density at radius 1 is 1.14 bits per heavy atom. The summed E-state index contributed by atoms with van der Waals surface area (Å²) in [5, 5.41) is 5.90. The summed E-state index contributed by atoms with van der Waals surface area (Å²) in [4.78, 5) is 34.7. The molecule has 1 saturated carbocycles. The first-order chi connectivity index (χ1) is 17.8. The quantitative estimate of drug-likeness (QED) is 0.462. The summed E-state index contributed by atoms with van der Waals surface area (Å²) < 4.78 is 40.2. The third-order valence-corrected chi connectivity index (χ3v) is 6.52. The lowest BCUT2D eigenvalue weighted by molar-refractivity contribution is -0.121. The summed E-state index contributed by atoms with van der Waals surface area (Å²) in [7, 11) is 2.39. The third kappa shape index (κ3) is 4.02. The fraction of sp³-hybridized carbons (Fsp3) is 0.231. The monoisotopic (exact) mass is 507 g/mol. The second kappa shape index (κ2) is 9.16. The molecule has 2 amide bonds. The van der Waals surface area contributed by atoms with Crippen LogP contribution in [-0.4, -0.2) is 36.0 Å². The Kier molecular flexibility index (Phi) is 5.98. The van der Waals surface area contributed by atoms with E-state index < -0.39 is 40.4 Å². The van der Waals surface area contributed by atoms with Crippen molar-refractivity contribution >= 4 is 34.7 Å². The van der Waals surface area contributed by atoms with Crippen molar-refractivity contribution in [2.45, 2.75) is 24.8 Å². The van der Waals surface area contributed by atoms with Crippen molar-refractivity contribution in [3.63, 3.8) is 0 Å². The van der Waals surface area contributed by atoms with E-state index in [0.29, 0.717) is 35.6 Å². The molecule has 1 aromatic carbocycles. The maximum Gasteiger partial charge on any atom is 0.255 e. The molecule has 0 unspecified atom stereocenters. The molecule has 0 atom stereocenters. The van der Waals surface area contributed by atoms with E-state index in [1.54, 1.807) is 36.5 Å². The Morgan fingerprint density at radius 2 is 1.78 bits per heavy atom. The molecule has 1 aliphatic heterocycles. The average molecular weight is 507 g/mol. The molecule has 5 rings (SSSR count). The molecule has 2 aromatic heterocycles. The van der Waals surface area contributed by atoms with E-state index >= 15 is 8.78 Å². The first-order valence-electron chi connectivity index (χ1n) is 11.4. The number of halogens is 2. The van der Waals surface area contributed by atoms with Gasteiger partial charge in [0.2, 0.25) is 23.4 Å². The average Bonchev–Trinajstić information content (AvgIpc) is 3.70. The van der Waals surface area contributed by atoms with Gasteiger partial charge in [0.1, 0.15) is 11.5 Å². The molecule has 9 nitrogen and oxygen atoms in total. The van der Waals surface area contributed by atoms with Crippen LogP contribution in [0.25, 0.3) is 0 Å². The maximum atomic E-state index is 15.2. The molecule has 3 heterocycles. The summed E-state index contributed by atoms with van der Waals surface area (Å²) in [6, 6.07) is 8.85. The number of methoxy groups -OCH3 is 2. The van der Waals surface area contributed by atoms with Gasteiger partial charge in [-0.15, -0.1) is 0 Å². The van der Waals surface area contributed by atoms with Crippen molar-refractivity contribution in [1.29, 1.82) is 0 Å². The van der Waals surface area contributed by atoms with Gasteiger partial charge in [-0.2, -0.15) is 13.8 Å². The van der Waals surface area contributed by atoms with E-state index in [0.717, 1.165) is 10.5 Å². The fourth-order valence-electron chi connectivity index (χ4n) is 4.55. The van der Waals surface area contributed by atoms with Crippen molar-refractivity contribution in [1.82, 2.24) is 9.97 Å². The predicted octanol–water partition coefficient (Wildman–Crippen LogP) is 4.22. The van der Waals surface area contributed by atoms with Gasteiger partial charge >= 0.3 is 0 Å². The Balaban J connectivity index is 1.52. The number of para-hydroxylation sites is 2. The number of nitrogens with one attached hydrogen (secondary N) is 2. The minimum Gasteiger partial charge on any atom is -0.479 e. The molecule has 1 fully saturated rings. The lowest BCUT2D eigenvalue weighted by Gasteiger charge is -2.35. The van der Waals surface area contributed by atoms with Crippen molar-refractivity contribution in [2.24, 2.45) is 0 Å². The zero-order valence-electron chi connectivity index (χ0n) is 20.1. The van der Waals surface area contributed by atoms with Gasteiger partial charge in [-0.25, -0.2) is 4.98 Å². The number of benzene rings is 1. The number of fused-ring (bicyclic) bond motifs is 2. The number of amides is 2. The van der Waals surface area contributed by atoms with E-state index in [9.17, 15) is 9.59 Å². The number of rotatable bonds is 7. The lowest BCUT2D eigenvalue weighted by Crippen LogP contribution is -2.45. The minimum atomic E-state index is -1.09. The molecule has 2 aliphatic rings. The van der Waals surface area contributed by atoms with Gasteiger partial charge in [0.25, 0.3) is 11.8 Å². The second-order valence-corrected chi connectivity index (χ2v) is 8.67. The Morgan fingerprint density at radius 3 is 2.38 bits per heavy atom. The number of carbonyl (C=O) groups is 2. The zero-order chi connectivity index (χ0) is 26.3. The van der Waals surface area contributed by atoms with Gasteiger partial charge < -0.3 is 25.0 Å². The standard InChI is InChI=1S/C26H23F2N5O4/c1-4-19(34)31-17-8-6-5-7-16(17)30-18-11-15-14(12-29-18)13-33(25(35)26(15)9-10-26)22-20(27)23(36-2)32-24(37-3)21(22)28/h4-8,11-12H,1,9-10,13H2,2-3H3,(H,29,30)(H,31,34). The van der Waals surface area contributed by atoms with E-state index in [1.807, 2.05) is 0 Å². The SMILES string of the molecule is C=CC(=O)Nc1ccccc1Nc1cc2c(cn1)CN(c1c(F)c(OC)nc(OC)c1F)C(=O)C21CC1. The van der Waals surface area contributed by atoms with Gasteiger partial charge in [-0.1, -0.05) is 18.7 Å². The van der Waals surface area contributed by atoms with E-state index in [4.69, 9.17) is 9.47 Å². The van der Waals surface area contributed by atoms with Crippen LogP contribution in [0.1, 0.15) is 24.0 Å². The Bertz CT molecular complexity index is 1410. The highest BCUT2D eigenvalue weighted by molar-refractivity contribution is 6.05. The van der Waals surface area contributed by atoms with Crippen LogP contribution in [0.4, 0.5) is 31.7 Å². The summed E-state index contributed by atoms with van der Waals surface area (Å²) in [6.45, 7) is 3.36. The highest BCUT2D eigenvalue weighted by atomic mass is 19.1. The molecule has 1 spiro atoms. The number of anilines is 4. The molecule has 0 bridgehead atoms. The number of ether oxygens (including phenoxy) is 2. The van der Waals surface area contributed by atoms with Crippen LogP contribution < -0.4 is 25.0 Å². The topological polar surface area (TPSA) is 106 Å². The predicted molar refractivity (Wildman–Crippen MR) is 132 cm³/mol. The van der Waals surface area contributed by atoms with E-state index in [-0.39, 0.29) is 12.5 Å². The summed E-state index contributed by atoms with van der Waals surface area (Å²) in [5.74, 6) is -3.46. The molecular weight excluding hydrogens is 484 g/mol. The van der Waals surface area contributed by atoms with E-state index in [2.05, 4.69) is 27.2 Å². The number of nitrogens with zero attached hydrogens (tertiary/aromatic N) is 3. The van der Waals surface area contributed by atoms with Gasteiger partial charge in [0.15, 0.2) is 0 Å². The smallest absolute Gasteiger partial charge is 0.255 e. The number of pyridine rings is 2. The van der Waals surface area contributed by atoms with Crippen molar-refractivity contribution < 1.29 is 27.8 Å². The number of carbonyl (C=O) groups excluding carboxylic acids is 2. The largest absolute Gasteiger partial charge is 0.479 e. The van der Waals surface area contributed by atoms with Crippen molar-refractivity contribution in [2.75, 3.05) is 29.8 Å². The first-order valence-corrected chi connectivity index (χ1v) is 11.4. The lowest BCUT2D eigenvalue weighted by atomic mass is 9.86. The molecule has 2 N–H and O–H groups in total. The maximum absolute atomic E-state index is 15.2. The van der Waals surface area contributed by atoms with Crippen LogP contribution in [0.3, 0.4) is 0 Å². The highest BCUT2D eigenvalue weighted by Gasteiger charge is 2.57. The molecule has 0 radical (unpaired) electrons. The number of hydrogen-bond acceptors (Lipinski definition) is 7. The Labute approximate surface area is 211 Å². The van der Waals surface area contributed by atoms with Crippen LogP contribution in [-0.2, 0) is 21.5 Å². The summed E-state index contributed by atoms with van der Waals surface area (Å²) in [5.41, 5.74) is 1.03. The van der Waals surface area contributed by atoms with Gasteiger partial charge in [-0.05, 0) is 48.2 Å². The minimum absolute atomic E-state index is 0.0979. The molecule has 3 aromatic rings. The normalized spacial score (nSPS) is 15.1. The highest BCUT2D eigenvalue weighted by Crippen LogP contribution is 2.55. The van der Waals surface area contributed by atoms with Crippen LogP contribution in [0, 0.1) is 11.6 Å². The molecular formula is C26H23F2N5O4. The Hall–Kier alpha value is -4.54. The van der Waals surface area contributed by atoms with Crippen LogP contribution >= 0.6 is 0 Å². The molecule has 0 saturated heterocycles. The van der Waals surface area contributed by atoms with Gasteiger partial charge in [0.05, 0.1) is 37.6 Å². The summed E-state index contributed by atoms with van der Waals surface area (Å²) >= 11 is 0. The van der Waals surface area contributed by atoms with Gasteiger partial charge in [-0.3, -0.25) is 9.59 Å². The van der Waals surface area contributed by atoms with Crippen LogP contribution in [0.5, 0.6) is 11.8 Å². The van der Waals surface area contributed by atoms with Crippen molar-refractivity contribution in [3.8, 4) is 11.8 Å². The molecule has 1 aliphatic carbocycles. The van der Waals surface area contributed by atoms with Crippen LogP contribution in [0.15, 0.2) is 49.2 Å². The zero-order valence-corrected chi connectivity index (χ0v) is 20.1. The molecule has 190 valence electrons. The third-order valence-electron chi connectivity index (χ3n) is 6.52. The fourth-order valence-corrected chi connectivity index (χ4v) is 4.55. The first kappa shape index (κ1) is 24.2. The second-order valence-electron chi connectivity index (χ2n) is 8.67. The molecule has 11 heteroatoms. The number of aromatic nitrogens is 2. The number of hydrogen-bond donors (Lipinski definition) is 2. The van der Waals surface area contributed by atoms with E-state index in [1.165, 1.54) is 20.3 Å². The van der Waals surface area contributed by atoms with Crippen molar-refractivity contribution in [3.05, 3.63) is 71.9 Å². The van der Waals surface area contributed by atoms with Crippen LogP contribution in [0.2, 0.25) is 0 Å². The van der Waals surface area contributed by atoms with Gasteiger partial charge in [0, 0.05) is 6.20 Å².